The molecule has 1 aliphatic rings. The Labute approximate surface area is 234 Å². The van der Waals surface area contributed by atoms with E-state index in [9.17, 15) is 10.1 Å². The lowest BCUT2D eigenvalue weighted by molar-refractivity contribution is -0.136. The number of ether oxygens (including phenoxy) is 5. The number of fused-ring (bicyclic) bond motifs is 1. The zero-order valence-electron chi connectivity index (χ0n) is 23.4. The molecular weight excluding hydrogens is 508 g/mol. The van der Waals surface area contributed by atoms with Crippen LogP contribution in [0.5, 0.6) is 28.7 Å². The van der Waals surface area contributed by atoms with E-state index in [-0.39, 0.29) is 23.8 Å². The van der Waals surface area contributed by atoms with Crippen LogP contribution in [0.3, 0.4) is 0 Å². The summed E-state index contributed by atoms with van der Waals surface area (Å²) in [4.78, 5) is 12.5. The number of allylic oxidation sites excluding steroid dienone is 1. The minimum Gasteiger partial charge on any atom is -0.493 e. The molecule has 0 spiro atoms. The summed E-state index contributed by atoms with van der Waals surface area (Å²) in [6, 6.07) is 18.4. The van der Waals surface area contributed by atoms with Crippen molar-refractivity contribution in [2.24, 2.45) is 11.7 Å². The molecule has 8 nitrogen and oxygen atoms in total. The predicted molar refractivity (Wildman–Crippen MR) is 151 cm³/mol. The number of hydrogen-bond acceptors (Lipinski definition) is 8. The summed E-state index contributed by atoms with van der Waals surface area (Å²) >= 11 is 0. The lowest BCUT2D eigenvalue weighted by Crippen LogP contribution is -2.22. The monoisotopic (exact) mass is 542 g/mol. The van der Waals surface area contributed by atoms with E-state index in [0.717, 1.165) is 23.1 Å². The van der Waals surface area contributed by atoms with E-state index in [2.05, 4.69) is 19.9 Å². The summed E-state index contributed by atoms with van der Waals surface area (Å²) in [7, 11) is 1.58. The number of carbonyl (C=O) groups excluding carboxylic acids is 1. The average Bonchev–Trinajstić information content (AvgIpc) is 2.93. The van der Waals surface area contributed by atoms with Gasteiger partial charge in [-0.2, -0.15) is 5.26 Å². The van der Waals surface area contributed by atoms with Crippen molar-refractivity contribution in [1.29, 1.82) is 5.26 Å². The molecule has 8 heteroatoms. The molecular formula is C32H34N2O6. The van der Waals surface area contributed by atoms with Gasteiger partial charge < -0.3 is 29.4 Å². The van der Waals surface area contributed by atoms with Gasteiger partial charge in [-0.1, -0.05) is 38.1 Å². The third-order valence-corrected chi connectivity index (χ3v) is 6.80. The number of methoxy groups -OCH3 is 1. The van der Waals surface area contributed by atoms with Gasteiger partial charge in [0.05, 0.1) is 19.6 Å². The lowest BCUT2D eigenvalue weighted by Gasteiger charge is -2.27. The van der Waals surface area contributed by atoms with E-state index >= 15 is 0 Å². The van der Waals surface area contributed by atoms with E-state index in [1.807, 2.05) is 50.2 Å². The number of esters is 1. The van der Waals surface area contributed by atoms with Gasteiger partial charge in [0.15, 0.2) is 18.1 Å². The highest BCUT2D eigenvalue weighted by atomic mass is 16.6. The third kappa shape index (κ3) is 6.32. The van der Waals surface area contributed by atoms with Crippen molar-refractivity contribution < 1.29 is 28.5 Å². The zero-order valence-corrected chi connectivity index (χ0v) is 23.4. The van der Waals surface area contributed by atoms with Crippen molar-refractivity contribution in [3.63, 3.8) is 0 Å². The first-order valence-electron chi connectivity index (χ1n) is 13.1. The summed E-state index contributed by atoms with van der Waals surface area (Å²) in [6.45, 7) is 8.50. The number of carbonyl (C=O) groups is 1. The average molecular weight is 543 g/mol. The maximum atomic E-state index is 12.5. The van der Waals surface area contributed by atoms with Crippen molar-refractivity contribution in [2.45, 2.75) is 40.0 Å². The van der Waals surface area contributed by atoms with Crippen LogP contribution in [0, 0.1) is 31.1 Å². The van der Waals surface area contributed by atoms with Crippen LogP contribution in [0.2, 0.25) is 0 Å². The topological polar surface area (TPSA) is 113 Å². The first-order chi connectivity index (χ1) is 19.2. The minimum absolute atomic E-state index is 0.0158. The van der Waals surface area contributed by atoms with Crippen LogP contribution < -0.4 is 29.4 Å². The number of rotatable bonds is 10. The largest absolute Gasteiger partial charge is 0.493 e. The Morgan fingerprint density at radius 3 is 2.58 bits per heavy atom. The van der Waals surface area contributed by atoms with Crippen molar-refractivity contribution >= 4 is 5.97 Å². The van der Waals surface area contributed by atoms with E-state index in [4.69, 9.17) is 29.4 Å². The Kier molecular flexibility index (Phi) is 8.85. The SMILES string of the molecule is COc1cc(C2C(C#N)=C(N)Oc3cc(OC(=O)COc4cccc(C)c4C)ccc32)ccc1OCCC(C)C. The lowest BCUT2D eigenvalue weighted by atomic mass is 9.83. The summed E-state index contributed by atoms with van der Waals surface area (Å²) < 4.78 is 28.5. The number of nitrogens with zero attached hydrogens (tertiary/aromatic N) is 1. The van der Waals surface area contributed by atoms with Gasteiger partial charge in [0.2, 0.25) is 5.88 Å². The van der Waals surface area contributed by atoms with E-state index in [1.165, 1.54) is 0 Å². The molecule has 1 aliphatic heterocycles. The molecule has 0 radical (unpaired) electrons. The molecule has 3 aromatic carbocycles. The summed E-state index contributed by atoms with van der Waals surface area (Å²) in [5.74, 6) is 1.89. The number of benzene rings is 3. The summed E-state index contributed by atoms with van der Waals surface area (Å²) in [5.41, 5.74) is 9.96. The van der Waals surface area contributed by atoms with Gasteiger partial charge in [-0.3, -0.25) is 0 Å². The second-order valence-corrected chi connectivity index (χ2v) is 10.0. The van der Waals surface area contributed by atoms with Crippen LogP contribution in [0.4, 0.5) is 0 Å². The normalized spacial score (nSPS) is 14.2. The standard InChI is InChI=1S/C32H34N2O6/c1-19(2)13-14-37-27-12-9-22(15-29(27)36-5)31-24-11-10-23(16-28(24)40-32(34)25(31)17-33)39-30(35)18-38-26-8-6-7-20(3)21(26)4/h6-12,15-16,19,31H,13-14,18,34H2,1-5H3. The molecule has 2 N–H and O–H groups in total. The van der Waals surface area contributed by atoms with Crippen LogP contribution in [-0.4, -0.2) is 26.3 Å². The van der Waals surface area contributed by atoms with Gasteiger partial charge in [-0.15, -0.1) is 0 Å². The summed E-state index contributed by atoms with van der Waals surface area (Å²) in [5, 5.41) is 9.92. The molecule has 4 rings (SSSR count). The summed E-state index contributed by atoms with van der Waals surface area (Å²) in [6.07, 6.45) is 0.917. The Bertz CT molecular complexity index is 1470. The second-order valence-electron chi connectivity index (χ2n) is 10.0. The van der Waals surface area contributed by atoms with Crippen molar-refractivity contribution in [3.8, 4) is 34.8 Å². The maximum Gasteiger partial charge on any atom is 0.349 e. The molecule has 1 atom stereocenters. The van der Waals surface area contributed by atoms with E-state index in [0.29, 0.717) is 41.1 Å². The molecule has 0 bridgehead atoms. The van der Waals surface area contributed by atoms with E-state index < -0.39 is 11.9 Å². The number of nitrogens with two attached hydrogens (primary N) is 1. The molecule has 0 saturated heterocycles. The van der Waals surface area contributed by atoms with Gasteiger partial charge in [-0.05, 0) is 67.1 Å². The van der Waals surface area contributed by atoms with Gasteiger partial charge >= 0.3 is 5.97 Å². The molecule has 0 saturated carbocycles. The van der Waals surface area contributed by atoms with Crippen molar-refractivity contribution in [3.05, 3.63) is 88.3 Å². The van der Waals surface area contributed by atoms with Crippen LogP contribution in [0.1, 0.15) is 48.4 Å². The molecule has 3 aromatic rings. The fourth-order valence-electron chi connectivity index (χ4n) is 4.41. The first kappa shape index (κ1) is 28.4. The fraction of sp³-hybridized carbons (Fsp3) is 0.312. The zero-order chi connectivity index (χ0) is 28.8. The highest BCUT2D eigenvalue weighted by Gasteiger charge is 2.32. The predicted octanol–water partition coefficient (Wildman–Crippen LogP) is 5.94. The second kappa shape index (κ2) is 12.5. The molecule has 0 amide bonds. The van der Waals surface area contributed by atoms with Gasteiger partial charge in [0.1, 0.15) is 28.9 Å². The molecule has 0 fully saturated rings. The molecule has 0 aromatic heterocycles. The molecule has 40 heavy (non-hydrogen) atoms. The highest BCUT2D eigenvalue weighted by Crippen LogP contribution is 2.45. The molecule has 0 aliphatic carbocycles. The number of aryl methyl sites for hydroxylation is 1. The van der Waals surface area contributed by atoms with Crippen molar-refractivity contribution in [2.75, 3.05) is 20.3 Å². The smallest absolute Gasteiger partial charge is 0.349 e. The number of nitriles is 1. The van der Waals surface area contributed by atoms with Crippen molar-refractivity contribution in [1.82, 2.24) is 0 Å². The maximum absolute atomic E-state index is 12.5. The third-order valence-electron chi connectivity index (χ3n) is 6.80. The van der Waals surface area contributed by atoms with Gasteiger partial charge in [0, 0.05) is 11.6 Å². The van der Waals surface area contributed by atoms with Gasteiger partial charge in [0.25, 0.3) is 0 Å². The van der Waals surface area contributed by atoms with Crippen LogP contribution in [0.25, 0.3) is 0 Å². The molecule has 1 heterocycles. The fourth-order valence-corrected chi connectivity index (χ4v) is 4.41. The number of hydrogen-bond donors (Lipinski definition) is 1. The quantitative estimate of drug-likeness (QED) is 0.247. The minimum atomic E-state index is -0.563. The Hall–Kier alpha value is -4.64. The Morgan fingerprint density at radius 1 is 1.05 bits per heavy atom. The van der Waals surface area contributed by atoms with Gasteiger partial charge in [-0.25, -0.2) is 4.79 Å². The molecule has 208 valence electrons. The van der Waals surface area contributed by atoms with Crippen LogP contribution in [-0.2, 0) is 4.79 Å². The highest BCUT2D eigenvalue weighted by molar-refractivity contribution is 5.74. The first-order valence-corrected chi connectivity index (χ1v) is 13.1. The Morgan fingerprint density at radius 2 is 1.85 bits per heavy atom. The molecule has 1 unspecified atom stereocenters. The van der Waals surface area contributed by atoms with Crippen LogP contribution in [0.15, 0.2) is 66.1 Å². The Balaban J connectivity index is 1.55. The van der Waals surface area contributed by atoms with Crippen LogP contribution >= 0.6 is 0 Å². The van der Waals surface area contributed by atoms with E-state index in [1.54, 1.807) is 25.3 Å².